The highest BCUT2D eigenvalue weighted by Gasteiger charge is 2.39. The van der Waals surface area contributed by atoms with Crippen molar-refractivity contribution in [2.24, 2.45) is 4.40 Å². The lowest BCUT2D eigenvalue weighted by Gasteiger charge is -2.25. The van der Waals surface area contributed by atoms with E-state index in [-0.39, 0.29) is 10.8 Å². The second-order valence-electron chi connectivity index (χ2n) is 7.15. The van der Waals surface area contributed by atoms with Gasteiger partial charge in [0.15, 0.2) is 5.84 Å². The van der Waals surface area contributed by atoms with Gasteiger partial charge in [0.25, 0.3) is 10.0 Å². The van der Waals surface area contributed by atoms with E-state index in [1.165, 1.54) is 0 Å². The normalized spacial score (nSPS) is 19.9. The van der Waals surface area contributed by atoms with Crippen molar-refractivity contribution in [3.05, 3.63) is 66.1 Å². The number of nitrogens with zero attached hydrogens (tertiary/aromatic N) is 4. The van der Waals surface area contributed by atoms with E-state index in [1.807, 2.05) is 39.9 Å². The van der Waals surface area contributed by atoms with Gasteiger partial charge in [-0.25, -0.2) is 4.98 Å². The van der Waals surface area contributed by atoms with E-state index in [1.54, 1.807) is 24.3 Å². The average molecular weight is 409 g/mol. The molecule has 0 spiro atoms. The number of imidazole rings is 1. The van der Waals surface area contributed by atoms with Gasteiger partial charge >= 0.3 is 0 Å². The summed E-state index contributed by atoms with van der Waals surface area (Å²) in [6, 6.07) is 12.0. The van der Waals surface area contributed by atoms with Crippen molar-refractivity contribution >= 4 is 27.4 Å². The fourth-order valence-electron chi connectivity index (χ4n) is 3.96. The highest BCUT2D eigenvalue weighted by atomic mass is 32.2. The molecule has 1 fully saturated rings. The average Bonchev–Trinajstić information content (AvgIpc) is 3.42. The van der Waals surface area contributed by atoms with Crippen molar-refractivity contribution in [2.45, 2.75) is 30.3 Å². The molecule has 0 bridgehead atoms. The summed E-state index contributed by atoms with van der Waals surface area (Å²) in [7, 11) is -3.71. The van der Waals surface area contributed by atoms with Crippen molar-refractivity contribution in [1.29, 1.82) is 0 Å². The third kappa shape index (κ3) is 3.07. The summed E-state index contributed by atoms with van der Waals surface area (Å²) < 4.78 is 30.6. The fourth-order valence-corrected chi connectivity index (χ4v) is 5.17. The molecule has 148 valence electrons. The molecule has 9 heteroatoms. The molecule has 1 N–H and O–H groups in total. The molecule has 0 radical (unpaired) electrons. The van der Waals surface area contributed by atoms with E-state index >= 15 is 0 Å². The molecule has 4 heterocycles. The van der Waals surface area contributed by atoms with Crippen LogP contribution in [0.5, 0.6) is 0 Å². The molecule has 3 aromatic rings. The maximum Gasteiger partial charge on any atom is 0.285 e. The van der Waals surface area contributed by atoms with Crippen LogP contribution in [0.25, 0.3) is 5.65 Å². The molecule has 0 aliphatic carbocycles. The van der Waals surface area contributed by atoms with E-state index in [2.05, 4.69) is 14.7 Å². The van der Waals surface area contributed by atoms with Gasteiger partial charge < -0.3 is 14.6 Å². The number of carbonyl (C=O) groups excluding carboxylic acids is 1. The first kappa shape index (κ1) is 17.9. The van der Waals surface area contributed by atoms with Crippen LogP contribution in [-0.2, 0) is 21.4 Å². The first-order valence-electron chi connectivity index (χ1n) is 9.44. The van der Waals surface area contributed by atoms with E-state index in [0.29, 0.717) is 30.9 Å². The van der Waals surface area contributed by atoms with Crippen molar-refractivity contribution < 1.29 is 13.2 Å². The van der Waals surface area contributed by atoms with E-state index in [9.17, 15) is 13.2 Å². The topological polar surface area (TPSA) is 96.1 Å². The first-order valence-corrected chi connectivity index (χ1v) is 10.9. The van der Waals surface area contributed by atoms with Crippen LogP contribution in [0.4, 0.5) is 0 Å². The van der Waals surface area contributed by atoms with Gasteiger partial charge in [0.1, 0.15) is 16.6 Å². The number of aromatic nitrogens is 2. The summed E-state index contributed by atoms with van der Waals surface area (Å²) in [5.74, 6) is 0.218. The highest BCUT2D eigenvalue weighted by Crippen LogP contribution is 2.31. The summed E-state index contributed by atoms with van der Waals surface area (Å²) in [6.07, 6.45) is 5.24. The van der Waals surface area contributed by atoms with Crippen molar-refractivity contribution in [3.8, 4) is 0 Å². The molecule has 8 nitrogen and oxygen atoms in total. The van der Waals surface area contributed by atoms with Crippen LogP contribution in [-0.4, -0.2) is 47.0 Å². The number of benzene rings is 1. The number of pyridine rings is 1. The summed E-state index contributed by atoms with van der Waals surface area (Å²) in [6.45, 7) is 0.904. The number of amidine groups is 1. The van der Waals surface area contributed by atoms with Crippen molar-refractivity contribution in [3.63, 3.8) is 0 Å². The van der Waals surface area contributed by atoms with E-state index in [4.69, 9.17) is 0 Å². The monoisotopic (exact) mass is 409 g/mol. The zero-order chi connectivity index (χ0) is 20.0. The largest absolute Gasteiger partial charge is 0.349 e. The van der Waals surface area contributed by atoms with Crippen LogP contribution in [0.2, 0.25) is 0 Å². The van der Waals surface area contributed by atoms with E-state index in [0.717, 1.165) is 17.8 Å². The lowest BCUT2D eigenvalue weighted by Crippen LogP contribution is -2.45. The summed E-state index contributed by atoms with van der Waals surface area (Å²) in [4.78, 5) is 19.4. The molecule has 1 atom stereocenters. The van der Waals surface area contributed by atoms with Crippen LogP contribution in [0.1, 0.15) is 24.1 Å². The molecule has 5 rings (SSSR count). The number of sulfonamides is 1. The predicted molar refractivity (Wildman–Crippen MR) is 107 cm³/mol. The van der Waals surface area contributed by atoms with Gasteiger partial charge in [-0.05, 0) is 37.1 Å². The Kier molecular flexibility index (Phi) is 4.13. The number of likely N-dealkylation sites (tertiary alicyclic amines) is 1. The quantitative estimate of drug-likeness (QED) is 0.708. The molecule has 2 aliphatic heterocycles. The molecule has 1 amide bonds. The molecule has 1 saturated heterocycles. The van der Waals surface area contributed by atoms with Crippen molar-refractivity contribution in [2.75, 3.05) is 6.54 Å². The van der Waals surface area contributed by atoms with Crippen LogP contribution >= 0.6 is 0 Å². The Bertz CT molecular complexity index is 1210. The summed E-state index contributed by atoms with van der Waals surface area (Å²) in [5.41, 5.74) is 2.15. The highest BCUT2D eigenvalue weighted by molar-refractivity contribution is 7.90. The Labute approximate surface area is 167 Å². The Morgan fingerprint density at radius 2 is 2.00 bits per heavy atom. The van der Waals surface area contributed by atoms with Gasteiger partial charge in [0, 0.05) is 24.5 Å². The van der Waals surface area contributed by atoms with E-state index < -0.39 is 16.1 Å². The number of amides is 1. The molecular formula is C20H19N5O3S. The third-order valence-electron chi connectivity index (χ3n) is 5.30. The van der Waals surface area contributed by atoms with Gasteiger partial charge in [-0.15, -0.1) is 4.40 Å². The van der Waals surface area contributed by atoms with Gasteiger partial charge in [-0.1, -0.05) is 18.2 Å². The standard InChI is InChI=1S/C20H19N5O3S/c26-20(21-12-14-13-24-10-4-3-9-18(24)22-14)16-7-5-11-25(16)19-15-6-1-2-8-17(15)29(27,28)23-19/h1-4,6,8-10,13,16H,5,7,11-12H2,(H,21,26)/t16-/m0/s1. The number of carbonyl (C=O) groups is 1. The Morgan fingerprint density at radius 3 is 2.86 bits per heavy atom. The minimum Gasteiger partial charge on any atom is -0.349 e. The Morgan fingerprint density at radius 1 is 1.17 bits per heavy atom. The minimum atomic E-state index is -3.71. The lowest BCUT2D eigenvalue weighted by molar-refractivity contribution is -0.124. The summed E-state index contributed by atoms with van der Waals surface area (Å²) in [5, 5.41) is 2.94. The van der Waals surface area contributed by atoms with Gasteiger partial charge in [-0.2, -0.15) is 8.42 Å². The van der Waals surface area contributed by atoms with Crippen LogP contribution < -0.4 is 5.32 Å². The molecule has 1 aromatic carbocycles. The Hall–Kier alpha value is -3.20. The minimum absolute atomic E-state index is 0.149. The number of nitrogens with one attached hydrogen (secondary N) is 1. The molecule has 2 aromatic heterocycles. The van der Waals surface area contributed by atoms with Crippen LogP contribution in [0.3, 0.4) is 0 Å². The van der Waals surface area contributed by atoms with Gasteiger partial charge in [0.2, 0.25) is 5.91 Å². The SMILES string of the molecule is O=C(NCc1cn2ccccc2n1)[C@@H]1CCCN1C1=NS(=O)(=O)c2ccccc21. The summed E-state index contributed by atoms with van der Waals surface area (Å²) >= 11 is 0. The fraction of sp³-hybridized carbons (Fsp3) is 0.250. The maximum absolute atomic E-state index is 12.9. The zero-order valence-electron chi connectivity index (χ0n) is 15.5. The predicted octanol–water partition coefficient (Wildman–Crippen LogP) is 1.56. The van der Waals surface area contributed by atoms with Gasteiger partial charge in [0.05, 0.1) is 12.2 Å². The van der Waals surface area contributed by atoms with Crippen molar-refractivity contribution in [1.82, 2.24) is 19.6 Å². The first-order chi connectivity index (χ1) is 14.0. The Balaban J connectivity index is 1.35. The second-order valence-corrected chi connectivity index (χ2v) is 8.73. The lowest BCUT2D eigenvalue weighted by atomic mass is 10.1. The molecule has 0 saturated carbocycles. The molecule has 2 aliphatic rings. The zero-order valence-corrected chi connectivity index (χ0v) is 16.3. The molecule has 0 unspecified atom stereocenters. The van der Waals surface area contributed by atoms with Crippen LogP contribution in [0.15, 0.2) is 64.2 Å². The molecule has 29 heavy (non-hydrogen) atoms. The number of hydrogen-bond donors (Lipinski definition) is 1. The van der Waals surface area contributed by atoms with Gasteiger partial charge in [-0.3, -0.25) is 4.79 Å². The number of fused-ring (bicyclic) bond motifs is 2. The maximum atomic E-state index is 12.9. The van der Waals surface area contributed by atoms with Crippen LogP contribution in [0, 0.1) is 0 Å². The number of hydrogen-bond acceptors (Lipinski definition) is 5. The third-order valence-corrected chi connectivity index (χ3v) is 6.62. The molecular weight excluding hydrogens is 390 g/mol. The second kappa shape index (κ2) is 6.70. The smallest absolute Gasteiger partial charge is 0.285 e. The number of rotatable bonds is 3.